The van der Waals surface area contributed by atoms with E-state index in [2.05, 4.69) is 13.8 Å². The van der Waals surface area contributed by atoms with E-state index in [0.29, 0.717) is 12.5 Å². The summed E-state index contributed by atoms with van der Waals surface area (Å²) >= 11 is 0. The third-order valence-electron chi connectivity index (χ3n) is 3.44. The third kappa shape index (κ3) is 2.64. The van der Waals surface area contributed by atoms with E-state index in [4.69, 9.17) is 14.2 Å². The van der Waals surface area contributed by atoms with E-state index in [0.717, 1.165) is 12.2 Å². The molecule has 98 valence electrons. The quantitative estimate of drug-likeness (QED) is 0.802. The maximum Gasteiger partial charge on any atom is 0.163 e. The Morgan fingerprint density at radius 3 is 2.88 bits per heavy atom. The molecule has 17 heavy (non-hydrogen) atoms. The third-order valence-corrected chi connectivity index (χ3v) is 3.44. The Hall–Kier alpha value is -0.580. The maximum absolute atomic E-state index is 10.1. The zero-order valence-electron chi connectivity index (χ0n) is 11.0. The molecule has 2 heterocycles. The van der Waals surface area contributed by atoms with Crippen LogP contribution in [0.1, 0.15) is 34.1 Å². The number of rotatable bonds is 2. The predicted molar refractivity (Wildman–Crippen MR) is 63.3 cm³/mol. The van der Waals surface area contributed by atoms with Crippen molar-refractivity contribution in [3.63, 3.8) is 0 Å². The molecule has 2 aliphatic heterocycles. The Morgan fingerprint density at radius 1 is 1.53 bits per heavy atom. The fourth-order valence-corrected chi connectivity index (χ4v) is 2.16. The Morgan fingerprint density at radius 2 is 2.24 bits per heavy atom. The fraction of sp³-hybridized carbons (Fsp3) is 0.846. The van der Waals surface area contributed by atoms with Crippen molar-refractivity contribution >= 4 is 0 Å². The van der Waals surface area contributed by atoms with Gasteiger partial charge in [-0.25, -0.2) is 0 Å². The highest BCUT2D eigenvalue weighted by molar-refractivity contribution is 5.10. The first-order valence-corrected chi connectivity index (χ1v) is 6.31. The van der Waals surface area contributed by atoms with Gasteiger partial charge in [-0.15, -0.1) is 0 Å². The van der Waals surface area contributed by atoms with Crippen molar-refractivity contribution < 1.29 is 19.3 Å². The van der Waals surface area contributed by atoms with Crippen molar-refractivity contribution in [2.24, 2.45) is 5.92 Å². The largest absolute Gasteiger partial charge is 0.489 e. The summed E-state index contributed by atoms with van der Waals surface area (Å²) in [6.45, 7) is 8.36. The number of aliphatic hydroxyl groups excluding tert-OH is 1. The van der Waals surface area contributed by atoms with E-state index >= 15 is 0 Å². The van der Waals surface area contributed by atoms with Gasteiger partial charge in [0.2, 0.25) is 0 Å². The molecule has 0 spiro atoms. The van der Waals surface area contributed by atoms with Crippen LogP contribution in [-0.2, 0) is 14.2 Å². The average Bonchev–Trinajstić information content (AvgIpc) is 2.28. The van der Waals surface area contributed by atoms with Crippen molar-refractivity contribution in [3.05, 3.63) is 11.8 Å². The number of ether oxygens (including phenoxy) is 3. The van der Waals surface area contributed by atoms with E-state index in [1.165, 1.54) is 0 Å². The van der Waals surface area contributed by atoms with Crippen LogP contribution in [0, 0.1) is 5.92 Å². The smallest absolute Gasteiger partial charge is 0.163 e. The molecule has 0 aromatic carbocycles. The van der Waals surface area contributed by atoms with Gasteiger partial charge in [0.25, 0.3) is 0 Å². The summed E-state index contributed by atoms with van der Waals surface area (Å²) < 4.78 is 17.1. The molecule has 2 rings (SSSR count). The Bertz CT molecular complexity index is 311. The summed E-state index contributed by atoms with van der Waals surface area (Å²) in [4.78, 5) is 0. The van der Waals surface area contributed by atoms with Gasteiger partial charge in [-0.2, -0.15) is 0 Å². The molecule has 2 aliphatic rings. The summed E-state index contributed by atoms with van der Waals surface area (Å²) in [5.41, 5.74) is 0. The number of fused-ring (bicyclic) bond motifs is 1. The van der Waals surface area contributed by atoms with Crippen LogP contribution in [0.3, 0.4) is 0 Å². The monoisotopic (exact) mass is 242 g/mol. The molecule has 0 amide bonds. The van der Waals surface area contributed by atoms with Crippen molar-refractivity contribution in [1.82, 2.24) is 0 Å². The van der Waals surface area contributed by atoms with Gasteiger partial charge in [0.15, 0.2) is 11.9 Å². The van der Waals surface area contributed by atoms with Gasteiger partial charge in [0.1, 0.15) is 12.2 Å². The number of hydrogen-bond donors (Lipinski definition) is 1. The molecule has 0 saturated carbocycles. The maximum atomic E-state index is 10.1. The highest BCUT2D eigenvalue weighted by Gasteiger charge is 2.44. The molecular formula is C13H22O4. The van der Waals surface area contributed by atoms with E-state index in [1.54, 1.807) is 6.08 Å². The Balaban J connectivity index is 2.13. The zero-order valence-corrected chi connectivity index (χ0v) is 11.0. The minimum atomic E-state index is -0.646. The molecule has 0 radical (unpaired) electrons. The van der Waals surface area contributed by atoms with Crippen LogP contribution in [0.25, 0.3) is 0 Å². The fourth-order valence-electron chi connectivity index (χ4n) is 2.16. The topological polar surface area (TPSA) is 47.9 Å². The number of aliphatic hydroxyl groups is 1. The molecule has 1 saturated heterocycles. The molecule has 4 heteroatoms. The van der Waals surface area contributed by atoms with Gasteiger partial charge < -0.3 is 19.3 Å². The predicted octanol–water partition coefficient (Wildman–Crippen LogP) is 1.83. The average molecular weight is 242 g/mol. The molecule has 1 N–H and O–H groups in total. The first kappa shape index (κ1) is 12.9. The van der Waals surface area contributed by atoms with Gasteiger partial charge in [0, 0.05) is 5.92 Å². The van der Waals surface area contributed by atoms with Crippen molar-refractivity contribution in [2.75, 3.05) is 6.61 Å². The van der Waals surface area contributed by atoms with E-state index in [-0.39, 0.29) is 12.2 Å². The van der Waals surface area contributed by atoms with E-state index in [1.807, 2.05) is 13.8 Å². The molecular weight excluding hydrogens is 220 g/mol. The summed E-state index contributed by atoms with van der Waals surface area (Å²) in [7, 11) is 0. The van der Waals surface area contributed by atoms with Crippen LogP contribution in [0.2, 0.25) is 0 Å². The minimum absolute atomic E-state index is 0.202. The Kier molecular flexibility index (Phi) is 3.48. The van der Waals surface area contributed by atoms with Crippen LogP contribution < -0.4 is 0 Å². The lowest BCUT2D eigenvalue weighted by atomic mass is 9.97. The van der Waals surface area contributed by atoms with Crippen LogP contribution in [0.5, 0.6) is 0 Å². The molecule has 4 nitrogen and oxygen atoms in total. The first-order chi connectivity index (χ1) is 7.93. The first-order valence-electron chi connectivity index (χ1n) is 6.31. The lowest BCUT2D eigenvalue weighted by Crippen LogP contribution is -2.55. The van der Waals surface area contributed by atoms with Crippen LogP contribution in [0.4, 0.5) is 0 Å². The van der Waals surface area contributed by atoms with Gasteiger partial charge in [-0.1, -0.05) is 13.8 Å². The van der Waals surface area contributed by atoms with Gasteiger partial charge in [-0.3, -0.25) is 0 Å². The molecule has 1 unspecified atom stereocenters. The number of hydrogen-bond acceptors (Lipinski definition) is 4. The summed E-state index contributed by atoms with van der Waals surface area (Å²) in [5, 5.41) is 10.1. The van der Waals surface area contributed by atoms with E-state index < -0.39 is 11.9 Å². The standard InChI is InChI=1S/C13H22O4/c1-5-8(2)10-6-9(14)12-11(16-10)7-15-13(3,4)17-12/h6,8-9,11-12,14H,5,7H2,1-4H3/t8?,9-,11-,12+/m1/s1. The van der Waals surface area contributed by atoms with Gasteiger partial charge >= 0.3 is 0 Å². The normalized spacial score (nSPS) is 37.7. The zero-order chi connectivity index (χ0) is 12.6. The summed E-state index contributed by atoms with van der Waals surface area (Å²) in [5.74, 6) is 0.529. The van der Waals surface area contributed by atoms with Crippen molar-refractivity contribution in [1.29, 1.82) is 0 Å². The molecule has 1 fully saturated rings. The number of allylic oxidation sites excluding steroid dienone is 1. The molecule has 4 atom stereocenters. The van der Waals surface area contributed by atoms with E-state index in [9.17, 15) is 5.11 Å². The second-order valence-corrected chi connectivity index (χ2v) is 5.32. The van der Waals surface area contributed by atoms with Gasteiger partial charge in [0.05, 0.1) is 12.4 Å². The molecule has 0 aromatic heterocycles. The second kappa shape index (κ2) is 4.59. The lowest BCUT2D eigenvalue weighted by Gasteiger charge is -2.45. The highest BCUT2D eigenvalue weighted by Crippen LogP contribution is 2.33. The van der Waals surface area contributed by atoms with Crippen molar-refractivity contribution in [3.8, 4) is 0 Å². The Labute approximate surface area is 103 Å². The lowest BCUT2D eigenvalue weighted by molar-refractivity contribution is -0.321. The summed E-state index contributed by atoms with van der Waals surface area (Å²) in [6, 6.07) is 0. The second-order valence-electron chi connectivity index (χ2n) is 5.32. The van der Waals surface area contributed by atoms with Crippen LogP contribution >= 0.6 is 0 Å². The highest BCUT2D eigenvalue weighted by atomic mass is 16.7. The summed E-state index contributed by atoms with van der Waals surface area (Å²) in [6.07, 6.45) is 1.62. The minimum Gasteiger partial charge on any atom is -0.489 e. The van der Waals surface area contributed by atoms with Crippen LogP contribution in [-0.4, -0.2) is 35.8 Å². The van der Waals surface area contributed by atoms with Crippen molar-refractivity contribution in [2.45, 2.75) is 58.2 Å². The molecule has 0 aromatic rings. The van der Waals surface area contributed by atoms with Gasteiger partial charge in [-0.05, 0) is 26.3 Å². The molecule has 0 bridgehead atoms. The molecule has 0 aliphatic carbocycles. The SMILES string of the molecule is CCC(C)C1=C[C@@H](O)[C@@H]2OC(C)(C)OC[C@H]2O1. The van der Waals surface area contributed by atoms with Crippen LogP contribution in [0.15, 0.2) is 11.8 Å².